The molecule has 4 nitrogen and oxygen atoms in total. The monoisotopic (exact) mass is 301 g/mol. The van der Waals surface area contributed by atoms with E-state index in [1.54, 1.807) is 13.1 Å². The van der Waals surface area contributed by atoms with Gasteiger partial charge in [-0.2, -0.15) is 0 Å². The van der Waals surface area contributed by atoms with Gasteiger partial charge in [-0.1, -0.05) is 24.3 Å². The van der Waals surface area contributed by atoms with E-state index in [9.17, 15) is 4.79 Å². The van der Waals surface area contributed by atoms with Crippen molar-refractivity contribution in [2.75, 3.05) is 0 Å². The van der Waals surface area contributed by atoms with Crippen LogP contribution in [-0.2, 0) is 0 Å². The Balaban J connectivity index is 2.25. The Morgan fingerprint density at radius 1 is 1.09 bits per heavy atom. The van der Waals surface area contributed by atoms with Crippen LogP contribution in [0.25, 0.3) is 33.2 Å². The predicted octanol–water partition coefficient (Wildman–Crippen LogP) is 4.29. The molecule has 1 N–H and O–H groups in total. The van der Waals surface area contributed by atoms with Gasteiger partial charge in [-0.15, -0.1) is 0 Å². The highest BCUT2D eigenvalue weighted by atomic mass is 16.1. The van der Waals surface area contributed by atoms with Crippen LogP contribution in [-0.4, -0.2) is 20.7 Å². The summed E-state index contributed by atoms with van der Waals surface area (Å²) in [5, 5.41) is 1.87. The number of aryl methyl sites for hydroxylation is 1. The highest BCUT2D eigenvalue weighted by Crippen LogP contribution is 2.35. The molecule has 0 fully saturated rings. The maximum atomic E-state index is 12.2. The third-order valence-corrected chi connectivity index (χ3v) is 4.09. The van der Waals surface area contributed by atoms with Crippen LogP contribution in [0, 0.1) is 6.92 Å². The molecule has 4 rings (SSSR count). The van der Waals surface area contributed by atoms with Crippen molar-refractivity contribution in [2.45, 2.75) is 13.8 Å². The van der Waals surface area contributed by atoms with Gasteiger partial charge >= 0.3 is 0 Å². The Kier molecular flexibility index (Phi) is 2.98. The number of aromatic amines is 1. The number of hydrogen-bond acceptors (Lipinski definition) is 3. The van der Waals surface area contributed by atoms with E-state index in [0.29, 0.717) is 5.56 Å². The first-order valence-electron chi connectivity index (χ1n) is 7.50. The van der Waals surface area contributed by atoms with Crippen molar-refractivity contribution >= 4 is 27.6 Å². The number of pyridine rings is 2. The molecular weight excluding hydrogens is 286 g/mol. The summed E-state index contributed by atoms with van der Waals surface area (Å²) < 4.78 is 0. The molecule has 0 saturated carbocycles. The molecule has 0 aliphatic carbocycles. The predicted molar refractivity (Wildman–Crippen MR) is 91.6 cm³/mol. The smallest absolute Gasteiger partial charge is 0.162 e. The van der Waals surface area contributed by atoms with Crippen LogP contribution >= 0.6 is 0 Å². The summed E-state index contributed by atoms with van der Waals surface area (Å²) in [6.45, 7) is 3.51. The minimum atomic E-state index is 0.0306. The van der Waals surface area contributed by atoms with Gasteiger partial charge in [0.05, 0.1) is 22.4 Å². The Labute approximate surface area is 133 Å². The lowest BCUT2D eigenvalue weighted by molar-refractivity contribution is 0.101. The zero-order valence-corrected chi connectivity index (χ0v) is 12.9. The summed E-state index contributed by atoms with van der Waals surface area (Å²) in [6, 6.07) is 13.7. The second kappa shape index (κ2) is 5.02. The number of para-hydroxylation sites is 1. The van der Waals surface area contributed by atoms with E-state index in [0.717, 1.165) is 38.9 Å². The number of carbonyl (C=O) groups excluding carboxylic acids is 1. The number of Topliss-reactive ketones (excluding diaryl/α,β-unsaturated/α-hetero) is 1. The number of rotatable bonds is 2. The average molecular weight is 301 g/mol. The highest BCUT2D eigenvalue weighted by molar-refractivity contribution is 6.18. The quantitative estimate of drug-likeness (QED) is 0.562. The number of ketones is 1. The number of fused-ring (bicyclic) bond motifs is 3. The second-order valence-electron chi connectivity index (χ2n) is 5.62. The number of carbonyl (C=O) groups is 1. The molecule has 3 aromatic heterocycles. The maximum absolute atomic E-state index is 12.2. The Bertz CT molecular complexity index is 1050. The van der Waals surface area contributed by atoms with Gasteiger partial charge in [0.25, 0.3) is 0 Å². The van der Waals surface area contributed by atoms with E-state index in [2.05, 4.69) is 9.97 Å². The summed E-state index contributed by atoms with van der Waals surface area (Å²) in [4.78, 5) is 24.8. The Morgan fingerprint density at radius 2 is 1.87 bits per heavy atom. The van der Waals surface area contributed by atoms with E-state index in [1.165, 1.54) is 0 Å². The number of hydrogen-bond donors (Lipinski definition) is 1. The van der Waals surface area contributed by atoms with Gasteiger partial charge in [0, 0.05) is 28.2 Å². The molecule has 0 saturated heterocycles. The van der Waals surface area contributed by atoms with Gasteiger partial charge in [-0.05, 0) is 32.0 Å². The molecule has 0 aliphatic rings. The molecule has 4 heteroatoms. The van der Waals surface area contributed by atoms with Crippen LogP contribution in [0.5, 0.6) is 0 Å². The fraction of sp³-hybridized carbons (Fsp3) is 0.105. The summed E-state index contributed by atoms with van der Waals surface area (Å²) in [6.07, 6.45) is 1.74. The Hall–Kier alpha value is -3.01. The van der Waals surface area contributed by atoms with Crippen molar-refractivity contribution in [1.29, 1.82) is 0 Å². The zero-order valence-electron chi connectivity index (χ0n) is 12.9. The van der Waals surface area contributed by atoms with Gasteiger partial charge in [-0.3, -0.25) is 9.78 Å². The molecule has 0 radical (unpaired) electrons. The van der Waals surface area contributed by atoms with Crippen molar-refractivity contribution in [3.8, 4) is 11.4 Å². The van der Waals surface area contributed by atoms with Crippen LogP contribution in [0.15, 0.2) is 48.7 Å². The first-order valence-corrected chi connectivity index (χ1v) is 7.50. The lowest BCUT2D eigenvalue weighted by atomic mass is 10.0. The van der Waals surface area contributed by atoms with Crippen LogP contribution in [0.3, 0.4) is 0 Å². The second-order valence-corrected chi connectivity index (χ2v) is 5.62. The Morgan fingerprint density at radius 3 is 2.61 bits per heavy atom. The molecule has 3 heterocycles. The number of benzene rings is 1. The molecular formula is C19H15N3O. The standard InChI is InChI=1S/C19H15N3O/c1-11-16(12(2)23)17-18(21-11)13-7-3-4-8-14(13)22-19(17)15-9-5-6-10-20-15/h3-10,21H,1-2H3. The summed E-state index contributed by atoms with van der Waals surface area (Å²) >= 11 is 0. The minimum absolute atomic E-state index is 0.0306. The average Bonchev–Trinajstić information content (AvgIpc) is 2.92. The van der Waals surface area contributed by atoms with Gasteiger partial charge < -0.3 is 4.98 Å². The molecule has 0 spiro atoms. The van der Waals surface area contributed by atoms with E-state index >= 15 is 0 Å². The third kappa shape index (κ3) is 2.03. The number of H-pyrrole nitrogens is 1. The molecule has 0 atom stereocenters. The van der Waals surface area contributed by atoms with E-state index < -0.39 is 0 Å². The fourth-order valence-corrected chi connectivity index (χ4v) is 3.15. The van der Waals surface area contributed by atoms with E-state index in [1.807, 2.05) is 49.4 Å². The zero-order chi connectivity index (χ0) is 16.0. The lowest BCUT2D eigenvalue weighted by Gasteiger charge is -2.07. The summed E-state index contributed by atoms with van der Waals surface area (Å²) in [7, 11) is 0. The fourth-order valence-electron chi connectivity index (χ4n) is 3.15. The van der Waals surface area contributed by atoms with E-state index in [4.69, 9.17) is 4.98 Å². The van der Waals surface area contributed by atoms with Gasteiger partial charge in [0.2, 0.25) is 0 Å². The van der Waals surface area contributed by atoms with Gasteiger partial charge in [0.15, 0.2) is 5.78 Å². The molecule has 23 heavy (non-hydrogen) atoms. The number of aromatic nitrogens is 3. The normalized spacial score (nSPS) is 11.2. The first kappa shape index (κ1) is 13.6. The molecule has 0 amide bonds. The molecule has 112 valence electrons. The number of nitrogens with one attached hydrogen (secondary N) is 1. The minimum Gasteiger partial charge on any atom is -0.357 e. The van der Waals surface area contributed by atoms with Crippen molar-refractivity contribution in [3.05, 3.63) is 59.9 Å². The summed E-state index contributed by atoms with van der Waals surface area (Å²) in [5.41, 5.74) is 4.90. The van der Waals surface area contributed by atoms with Crippen molar-refractivity contribution < 1.29 is 4.79 Å². The van der Waals surface area contributed by atoms with E-state index in [-0.39, 0.29) is 5.78 Å². The molecule has 0 bridgehead atoms. The van der Waals surface area contributed by atoms with Gasteiger partial charge in [0.1, 0.15) is 0 Å². The SMILES string of the molecule is CC(=O)c1c(C)[nH]c2c1c(-c1ccccn1)nc1ccccc12. The third-order valence-electron chi connectivity index (χ3n) is 4.09. The van der Waals surface area contributed by atoms with Crippen LogP contribution < -0.4 is 0 Å². The molecule has 0 aliphatic heterocycles. The number of nitrogens with zero attached hydrogens (tertiary/aromatic N) is 2. The van der Waals surface area contributed by atoms with Crippen molar-refractivity contribution in [2.24, 2.45) is 0 Å². The van der Waals surface area contributed by atoms with Crippen molar-refractivity contribution in [3.63, 3.8) is 0 Å². The first-order chi connectivity index (χ1) is 11.2. The van der Waals surface area contributed by atoms with Crippen LogP contribution in [0.1, 0.15) is 23.0 Å². The van der Waals surface area contributed by atoms with Crippen LogP contribution in [0.4, 0.5) is 0 Å². The maximum Gasteiger partial charge on any atom is 0.162 e. The topological polar surface area (TPSA) is 58.6 Å². The lowest BCUT2D eigenvalue weighted by Crippen LogP contribution is -1.96. The molecule has 0 unspecified atom stereocenters. The van der Waals surface area contributed by atoms with Gasteiger partial charge in [-0.25, -0.2) is 4.98 Å². The van der Waals surface area contributed by atoms with Crippen molar-refractivity contribution in [1.82, 2.24) is 15.0 Å². The largest absolute Gasteiger partial charge is 0.357 e. The molecule has 4 aromatic rings. The molecule has 1 aromatic carbocycles. The summed E-state index contributed by atoms with van der Waals surface area (Å²) in [5.74, 6) is 0.0306. The van der Waals surface area contributed by atoms with Crippen LogP contribution in [0.2, 0.25) is 0 Å². The highest BCUT2D eigenvalue weighted by Gasteiger charge is 2.20.